The van der Waals surface area contributed by atoms with E-state index in [0.29, 0.717) is 0 Å². The molecule has 0 amide bonds. The molecule has 0 atom stereocenters. The molecule has 1 fully saturated rings. The summed E-state index contributed by atoms with van der Waals surface area (Å²) in [5.41, 5.74) is 2.69. The van der Waals surface area contributed by atoms with Gasteiger partial charge in [0.25, 0.3) is 0 Å². The second kappa shape index (κ2) is 5.02. The first kappa shape index (κ1) is 11.0. The van der Waals surface area contributed by atoms with Gasteiger partial charge < -0.3 is 4.74 Å². The molecular formula is C13H17BrO. The highest BCUT2D eigenvalue weighted by Gasteiger charge is 2.27. The minimum Gasteiger partial charge on any atom is -0.493 e. The molecule has 1 aromatic rings. The quantitative estimate of drug-likeness (QED) is 0.579. The summed E-state index contributed by atoms with van der Waals surface area (Å²) < 4.78 is 5.88. The molecule has 1 aliphatic carbocycles. The molecule has 0 aliphatic heterocycles. The number of benzene rings is 1. The van der Waals surface area contributed by atoms with Crippen molar-refractivity contribution in [3.8, 4) is 5.75 Å². The number of hydrogen-bond acceptors (Lipinski definition) is 1. The fourth-order valence-corrected chi connectivity index (χ4v) is 2.05. The normalized spacial score (nSPS) is 15.3. The van der Waals surface area contributed by atoms with Crippen LogP contribution in [0.4, 0.5) is 0 Å². The number of halogens is 1. The lowest BCUT2D eigenvalue weighted by Gasteiger charge is -2.13. The van der Waals surface area contributed by atoms with E-state index >= 15 is 0 Å². The van der Waals surface area contributed by atoms with Crippen molar-refractivity contribution in [1.82, 2.24) is 0 Å². The van der Waals surface area contributed by atoms with E-state index in [1.165, 1.54) is 24.0 Å². The Hall–Kier alpha value is -0.500. The Labute approximate surface area is 100.0 Å². The van der Waals surface area contributed by atoms with Crippen LogP contribution in [-0.2, 0) is 0 Å². The van der Waals surface area contributed by atoms with Crippen molar-refractivity contribution in [2.24, 2.45) is 0 Å². The van der Waals surface area contributed by atoms with Crippen LogP contribution in [0, 0.1) is 6.92 Å². The molecule has 0 spiro atoms. The predicted octanol–water partition coefficient (Wildman–Crippen LogP) is 4.04. The van der Waals surface area contributed by atoms with Gasteiger partial charge in [-0.05, 0) is 43.2 Å². The Balaban J connectivity index is 2.11. The zero-order chi connectivity index (χ0) is 10.7. The van der Waals surface area contributed by atoms with Gasteiger partial charge in [-0.25, -0.2) is 0 Å². The first-order valence-corrected chi connectivity index (χ1v) is 6.73. The third-order valence-corrected chi connectivity index (χ3v) is 3.34. The third-order valence-electron chi connectivity index (χ3n) is 2.78. The van der Waals surface area contributed by atoms with Crippen LogP contribution in [0.3, 0.4) is 0 Å². The first-order valence-electron chi connectivity index (χ1n) is 5.61. The van der Waals surface area contributed by atoms with Crippen molar-refractivity contribution < 1.29 is 4.74 Å². The van der Waals surface area contributed by atoms with Gasteiger partial charge in [0.2, 0.25) is 0 Å². The van der Waals surface area contributed by atoms with Crippen molar-refractivity contribution in [2.45, 2.75) is 32.1 Å². The minimum atomic E-state index is 0.767. The molecule has 0 radical (unpaired) electrons. The predicted molar refractivity (Wildman–Crippen MR) is 67.1 cm³/mol. The van der Waals surface area contributed by atoms with Crippen LogP contribution >= 0.6 is 15.9 Å². The molecule has 82 valence electrons. The lowest BCUT2D eigenvalue weighted by Crippen LogP contribution is -2.01. The van der Waals surface area contributed by atoms with Crippen LogP contribution in [0.25, 0.3) is 0 Å². The van der Waals surface area contributed by atoms with Crippen LogP contribution in [-0.4, -0.2) is 11.9 Å². The minimum absolute atomic E-state index is 0.767. The highest BCUT2D eigenvalue weighted by molar-refractivity contribution is 9.09. The number of rotatable bonds is 5. The summed E-state index contributed by atoms with van der Waals surface area (Å²) in [6.07, 6.45) is 3.73. The summed E-state index contributed by atoms with van der Waals surface area (Å²) >= 11 is 3.42. The van der Waals surface area contributed by atoms with E-state index < -0.39 is 0 Å². The van der Waals surface area contributed by atoms with Crippen molar-refractivity contribution >= 4 is 15.9 Å². The third kappa shape index (κ3) is 2.75. The van der Waals surface area contributed by atoms with E-state index in [1.807, 2.05) is 0 Å². The summed E-state index contributed by atoms with van der Waals surface area (Å²) in [6, 6.07) is 6.49. The zero-order valence-electron chi connectivity index (χ0n) is 9.13. The van der Waals surface area contributed by atoms with Gasteiger partial charge in [0, 0.05) is 5.33 Å². The summed E-state index contributed by atoms with van der Waals surface area (Å²) in [5, 5.41) is 1.01. The molecule has 2 heteroatoms. The molecule has 15 heavy (non-hydrogen) atoms. The zero-order valence-corrected chi connectivity index (χ0v) is 10.7. The van der Waals surface area contributed by atoms with E-state index in [4.69, 9.17) is 4.74 Å². The van der Waals surface area contributed by atoms with Crippen molar-refractivity contribution in [2.75, 3.05) is 11.9 Å². The maximum Gasteiger partial charge on any atom is 0.125 e. The van der Waals surface area contributed by atoms with Crippen LogP contribution < -0.4 is 4.74 Å². The molecule has 0 heterocycles. The van der Waals surface area contributed by atoms with Gasteiger partial charge in [0.1, 0.15) is 5.75 Å². The first-order chi connectivity index (χ1) is 7.33. The SMILES string of the molecule is Cc1cccc(C2CC2)c1OCCCBr. The van der Waals surface area contributed by atoms with Gasteiger partial charge >= 0.3 is 0 Å². The molecule has 0 bridgehead atoms. The van der Waals surface area contributed by atoms with Crippen molar-refractivity contribution in [3.05, 3.63) is 29.3 Å². The molecule has 0 aromatic heterocycles. The number of hydrogen-bond donors (Lipinski definition) is 0. The van der Waals surface area contributed by atoms with E-state index in [-0.39, 0.29) is 0 Å². The average molecular weight is 269 g/mol. The largest absolute Gasteiger partial charge is 0.493 e. The van der Waals surface area contributed by atoms with Crippen LogP contribution in [0.15, 0.2) is 18.2 Å². The maximum absolute atomic E-state index is 5.88. The van der Waals surface area contributed by atoms with E-state index in [9.17, 15) is 0 Å². The highest BCUT2D eigenvalue weighted by atomic mass is 79.9. The summed E-state index contributed by atoms with van der Waals surface area (Å²) in [4.78, 5) is 0. The Bertz CT molecular complexity index is 331. The van der Waals surface area contributed by atoms with Crippen LogP contribution in [0.1, 0.15) is 36.3 Å². The molecule has 1 saturated carbocycles. The second-order valence-corrected chi connectivity index (χ2v) is 4.95. The molecule has 1 aliphatic rings. The Morgan fingerprint density at radius 2 is 2.20 bits per heavy atom. The fraction of sp³-hybridized carbons (Fsp3) is 0.538. The molecule has 1 nitrogen and oxygen atoms in total. The number of para-hydroxylation sites is 1. The summed E-state index contributed by atoms with van der Waals surface area (Å²) in [7, 11) is 0. The average Bonchev–Trinajstić information content (AvgIpc) is 3.04. The van der Waals surface area contributed by atoms with Crippen LogP contribution in [0.2, 0.25) is 0 Å². The van der Waals surface area contributed by atoms with Gasteiger partial charge in [-0.1, -0.05) is 34.1 Å². The fourth-order valence-electron chi connectivity index (χ4n) is 1.82. The molecule has 2 rings (SSSR count). The van der Waals surface area contributed by atoms with Gasteiger partial charge in [-0.2, -0.15) is 0 Å². The molecule has 1 aromatic carbocycles. The number of aryl methyl sites for hydroxylation is 1. The van der Waals surface area contributed by atoms with Gasteiger partial charge in [0.15, 0.2) is 0 Å². The van der Waals surface area contributed by atoms with E-state index in [0.717, 1.165) is 30.0 Å². The van der Waals surface area contributed by atoms with Crippen molar-refractivity contribution in [3.63, 3.8) is 0 Å². The summed E-state index contributed by atoms with van der Waals surface area (Å²) in [6.45, 7) is 2.95. The topological polar surface area (TPSA) is 9.23 Å². The standard InChI is InChI=1S/C13H17BrO/c1-10-4-2-5-12(11-6-7-11)13(10)15-9-3-8-14/h2,4-5,11H,3,6-9H2,1H3. The van der Waals surface area contributed by atoms with E-state index in [1.54, 1.807) is 0 Å². The van der Waals surface area contributed by atoms with E-state index in [2.05, 4.69) is 41.1 Å². The highest BCUT2D eigenvalue weighted by Crippen LogP contribution is 2.45. The Morgan fingerprint density at radius 3 is 2.87 bits per heavy atom. The molecule has 0 unspecified atom stereocenters. The van der Waals surface area contributed by atoms with Crippen LogP contribution in [0.5, 0.6) is 5.75 Å². The molecule has 0 saturated heterocycles. The molecule has 0 N–H and O–H groups in total. The van der Waals surface area contributed by atoms with Gasteiger partial charge in [0.05, 0.1) is 6.61 Å². The van der Waals surface area contributed by atoms with Crippen molar-refractivity contribution in [1.29, 1.82) is 0 Å². The lowest BCUT2D eigenvalue weighted by molar-refractivity contribution is 0.313. The monoisotopic (exact) mass is 268 g/mol. The molecular weight excluding hydrogens is 252 g/mol. The summed E-state index contributed by atoms with van der Waals surface area (Å²) in [5.74, 6) is 1.91. The number of ether oxygens (including phenoxy) is 1. The Morgan fingerprint density at radius 1 is 1.40 bits per heavy atom. The van der Waals surface area contributed by atoms with Gasteiger partial charge in [-0.3, -0.25) is 0 Å². The van der Waals surface area contributed by atoms with Gasteiger partial charge in [-0.15, -0.1) is 0 Å². The maximum atomic E-state index is 5.88. The second-order valence-electron chi connectivity index (χ2n) is 4.16. The Kier molecular flexibility index (Phi) is 3.68. The number of alkyl halides is 1. The lowest BCUT2D eigenvalue weighted by atomic mass is 10.1. The smallest absolute Gasteiger partial charge is 0.125 e.